The average Bonchev–Trinajstić information content (AvgIpc) is 2.55. The van der Waals surface area contributed by atoms with E-state index in [-0.39, 0.29) is 24.1 Å². The fourth-order valence-electron chi connectivity index (χ4n) is 3.00. The Kier molecular flexibility index (Phi) is 3.75. The third-order valence-electron chi connectivity index (χ3n) is 4.14. The molecule has 0 saturated carbocycles. The molecule has 1 amide bonds. The first kappa shape index (κ1) is 13.8. The van der Waals surface area contributed by atoms with Crippen LogP contribution in [-0.2, 0) is 0 Å². The quantitative estimate of drug-likeness (QED) is 0.879. The van der Waals surface area contributed by atoms with Gasteiger partial charge in [-0.3, -0.25) is 9.59 Å². The van der Waals surface area contributed by atoms with Crippen molar-refractivity contribution >= 4 is 16.7 Å². The van der Waals surface area contributed by atoms with E-state index < -0.39 is 0 Å². The Bertz CT molecular complexity index is 723. The van der Waals surface area contributed by atoms with Crippen LogP contribution in [0.2, 0.25) is 0 Å². The van der Waals surface area contributed by atoms with Crippen LogP contribution in [0.15, 0.2) is 35.3 Å². The second-order valence-electron chi connectivity index (χ2n) is 5.41. The number of H-pyrrole nitrogens is 1. The molecular weight excluding hydrogens is 268 g/mol. The summed E-state index contributed by atoms with van der Waals surface area (Å²) in [5.41, 5.74) is 0.296. The second-order valence-corrected chi connectivity index (χ2v) is 5.41. The number of piperidine rings is 1. The first-order chi connectivity index (χ1) is 10.2. The molecule has 1 aliphatic rings. The molecular formula is C16H18N2O3. The Morgan fingerprint density at radius 2 is 2.05 bits per heavy atom. The number of aliphatic hydroxyl groups is 1. The highest BCUT2D eigenvalue weighted by atomic mass is 16.3. The number of aromatic amines is 1. The molecule has 0 radical (unpaired) electrons. The number of likely N-dealkylation sites (tertiary alicyclic amines) is 1. The van der Waals surface area contributed by atoms with Crippen molar-refractivity contribution in [1.82, 2.24) is 9.88 Å². The summed E-state index contributed by atoms with van der Waals surface area (Å²) in [6.45, 7) is 0.630. The first-order valence-corrected chi connectivity index (χ1v) is 7.24. The molecule has 1 aromatic heterocycles. The van der Waals surface area contributed by atoms with Crippen LogP contribution in [-0.4, -0.2) is 40.1 Å². The number of hydrogen-bond donors (Lipinski definition) is 2. The van der Waals surface area contributed by atoms with Gasteiger partial charge in [0.25, 0.3) is 11.5 Å². The first-order valence-electron chi connectivity index (χ1n) is 7.24. The zero-order chi connectivity index (χ0) is 14.8. The Balaban J connectivity index is 2.05. The highest BCUT2D eigenvalue weighted by Gasteiger charge is 2.28. The molecule has 2 heterocycles. The Labute approximate surface area is 122 Å². The number of hydrogen-bond acceptors (Lipinski definition) is 3. The number of aromatic nitrogens is 1. The zero-order valence-corrected chi connectivity index (χ0v) is 11.7. The lowest BCUT2D eigenvalue weighted by Gasteiger charge is -2.34. The monoisotopic (exact) mass is 286 g/mol. The number of aliphatic hydroxyl groups excluding tert-OH is 1. The Morgan fingerprint density at radius 1 is 1.29 bits per heavy atom. The van der Waals surface area contributed by atoms with Gasteiger partial charge in [0.15, 0.2) is 0 Å². The summed E-state index contributed by atoms with van der Waals surface area (Å²) in [6, 6.07) is 6.97. The van der Waals surface area contributed by atoms with Crippen LogP contribution in [0.3, 0.4) is 0 Å². The third-order valence-corrected chi connectivity index (χ3v) is 4.14. The van der Waals surface area contributed by atoms with E-state index in [0.717, 1.165) is 19.3 Å². The lowest BCUT2D eigenvalue weighted by atomic mass is 10.00. The van der Waals surface area contributed by atoms with Crippen LogP contribution in [0.1, 0.15) is 29.6 Å². The van der Waals surface area contributed by atoms with Crippen molar-refractivity contribution in [1.29, 1.82) is 0 Å². The molecule has 1 aromatic carbocycles. The number of carbonyl (C=O) groups excluding carboxylic acids is 1. The van der Waals surface area contributed by atoms with E-state index >= 15 is 0 Å². The van der Waals surface area contributed by atoms with E-state index in [1.807, 2.05) is 6.07 Å². The second kappa shape index (κ2) is 5.69. The minimum absolute atomic E-state index is 0.0208. The number of rotatable bonds is 2. The van der Waals surface area contributed by atoms with Gasteiger partial charge in [0.1, 0.15) is 0 Å². The normalized spacial score (nSPS) is 18.9. The Morgan fingerprint density at radius 3 is 2.81 bits per heavy atom. The van der Waals surface area contributed by atoms with E-state index in [1.165, 1.54) is 6.20 Å². The van der Waals surface area contributed by atoms with Crippen molar-refractivity contribution in [3.63, 3.8) is 0 Å². The van der Waals surface area contributed by atoms with Crippen LogP contribution >= 0.6 is 0 Å². The van der Waals surface area contributed by atoms with Crippen molar-refractivity contribution in [3.8, 4) is 0 Å². The molecule has 0 bridgehead atoms. The van der Waals surface area contributed by atoms with Gasteiger partial charge in [-0.15, -0.1) is 0 Å². The van der Waals surface area contributed by atoms with E-state index in [9.17, 15) is 14.7 Å². The average molecular weight is 286 g/mol. The maximum absolute atomic E-state index is 12.8. The van der Waals surface area contributed by atoms with E-state index in [1.54, 1.807) is 23.1 Å². The van der Waals surface area contributed by atoms with Crippen LogP contribution < -0.4 is 5.56 Å². The molecule has 21 heavy (non-hydrogen) atoms. The largest absolute Gasteiger partial charge is 0.394 e. The lowest BCUT2D eigenvalue weighted by molar-refractivity contribution is 0.0504. The molecule has 5 heteroatoms. The molecule has 1 atom stereocenters. The standard InChI is InChI=1S/C16H18N2O3/c19-10-11-5-3-4-8-18(11)16(21)14-9-17-15(20)13-7-2-1-6-12(13)14/h1-2,6-7,9,11,19H,3-5,8,10H2,(H,17,20)/t11-/m0/s1. The molecule has 3 rings (SSSR count). The van der Waals surface area contributed by atoms with Gasteiger partial charge in [-0.2, -0.15) is 0 Å². The predicted octanol–water partition coefficient (Wildman–Crippen LogP) is 1.52. The molecule has 0 aliphatic carbocycles. The minimum atomic E-state index is -0.195. The molecule has 0 spiro atoms. The van der Waals surface area contributed by atoms with Crippen molar-refractivity contribution in [2.24, 2.45) is 0 Å². The summed E-state index contributed by atoms with van der Waals surface area (Å²) in [6.07, 6.45) is 4.28. The molecule has 1 fully saturated rings. The molecule has 5 nitrogen and oxygen atoms in total. The van der Waals surface area contributed by atoms with Gasteiger partial charge in [-0.1, -0.05) is 18.2 Å². The van der Waals surface area contributed by atoms with Gasteiger partial charge >= 0.3 is 0 Å². The number of amides is 1. The zero-order valence-electron chi connectivity index (χ0n) is 11.7. The van der Waals surface area contributed by atoms with E-state index in [2.05, 4.69) is 4.98 Å². The van der Waals surface area contributed by atoms with Gasteiger partial charge in [-0.05, 0) is 25.3 Å². The van der Waals surface area contributed by atoms with Gasteiger partial charge in [0.05, 0.1) is 18.2 Å². The molecule has 0 unspecified atom stereocenters. The number of carbonyl (C=O) groups is 1. The maximum atomic E-state index is 12.8. The lowest BCUT2D eigenvalue weighted by Crippen LogP contribution is -2.45. The van der Waals surface area contributed by atoms with Crippen LogP contribution in [0.5, 0.6) is 0 Å². The molecule has 2 aromatic rings. The van der Waals surface area contributed by atoms with Crippen molar-refractivity contribution in [2.45, 2.75) is 25.3 Å². The summed E-state index contributed by atoms with van der Waals surface area (Å²) >= 11 is 0. The van der Waals surface area contributed by atoms with Gasteiger partial charge in [0.2, 0.25) is 0 Å². The van der Waals surface area contributed by atoms with Crippen molar-refractivity contribution in [2.75, 3.05) is 13.2 Å². The number of nitrogens with one attached hydrogen (secondary N) is 1. The predicted molar refractivity (Wildman–Crippen MR) is 80.3 cm³/mol. The summed E-state index contributed by atoms with van der Waals surface area (Å²) in [5, 5.41) is 10.6. The summed E-state index contributed by atoms with van der Waals surface area (Å²) in [4.78, 5) is 29.0. The topological polar surface area (TPSA) is 73.4 Å². The number of nitrogens with zero attached hydrogens (tertiary/aromatic N) is 1. The molecule has 2 N–H and O–H groups in total. The fraction of sp³-hybridized carbons (Fsp3) is 0.375. The molecule has 110 valence electrons. The number of fused-ring (bicyclic) bond motifs is 1. The molecule has 1 aliphatic heterocycles. The van der Waals surface area contributed by atoms with Gasteiger partial charge in [0, 0.05) is 23.5 Å². The van der Waals surface area contributed by atoms with E-state index in [4.69, 9.17) is 0 Å². The Hall–Kier alpha value is -2.14. The third kappa shape index (κ3) is 2.45. The number of benzene rings is 1. The van der Waals surface area contributed by atoms with Crippen molar-refractivity contribution < 1.29 is 9.90 Å². The summed E-state index contributed by atoms with van der Waals surface area (Å²) < 4.78 is 0. The van der Waals surface area contributed by atoms with Gasteiger partial charge in [-0.25, -0.2) is 0 Å². The SMILES string of the molecule is O=C(c1c[nH]c(=O)c2ccccc12)N1CCCC[C@H]1CO. The minimum Gasteiger partial charge on any atom is -0.394 e. The summed E-state index contributed by atoms with van der Waals surface area (Å²) in [7, 11) is 0. The smallest absolute Gasteiger partial charge is 0.256 e. The highest BCUT2D eigenvalue weighted by molar-refractivity contribution is 6.06. The highest BCUT2D eigenvalue weighted by Crippen LogP contribution is 2.22. The molecule has 1 saturated heterocycles. The van der Waals surface area contributed by atoms with Crippen LogP contribution in [0.25, 0.3) is 10.8 Å². The summed E-state index contributed by atoms with van der Waals surface area (Å²) in [5.74, 6) is -0.124. The maximum Gasteiger partial charge on any atom is 0.256 e. The van der Waals surface area contributed by atoms with E-state index in [0.29, 0.717) is 22.9 Å². The number of pyridine rings is 1. The van der Waals surface area contributed by atoms with Crippen LogP contribution in [0.4, 0.5) is 0 Å². The van der Waals surface area contributed by atoms with Crippen LogP contribution in [0, 0.1) is 0 Å². The van der Waals surface area contributed by atoms with Crippen molar-refractivity contribution in [3.05, 3.63) is 46.4 Å². The fourth-order valence-corrected chi connectivity index (χ4v) is 3.00. The van der Waals surface area contributed by atoms with Gasteiger partial charge < -0.3 is 15.0 Å².